The maximum atomic E-state index is 13.3. The fraction of sp³-hybridized carbons (Fsp3) is 0.923. The number of halogens is 2. The topological polar surface area (TPSA) is 29.5 Å². The van der Waals surface area contributed by atoms with Crippen molar-refractivity contribution < 1.29 is 18.3 Å². The summed E-state index contributed by atoms with van der Waals surface area (Å²) in [4.78, 5) is 13.6. The molecular formula is C13H19F2NO2. The summed E-state index contributed by atoms with van der Waals surface area (Å²) >= 11 is 0. The van der Waals surface area contributed by atoms with E-state index in [0.717, 1.165) is 6.42 Å². The van der Waals surface area contributed by atoms with Crippen molar-refractivity contribution in [2.24, 2.45) is 5.41 Å². The van der Waals surface area contributed by atoms with Gasteiger partial charge >= 0.3 is 6.09 Å². The Bertz CT molecular complexity index is 390. The Labute approximate surface area is 105 Å². The Morgan fingerprint density at radius 1 is 1.28 bits per heavy atom. The van der Waals surface area contributed by atoms with Gasteiger partial charge in [0.05, 0.1) is 0 Å². The third-order valence-electron chi connectivity index (χ3n) is 4.40. The molecule has 2 unspecified atom stereocenters. The van der Waals surface area contributed by atoms with Crippen LogP contribution in [0.15, 0.2) is 0 Å². The predicted molar refractivity (Wildman–Crippen MR) is 61.5 cm³/mol. The van der Waals surface area contributed by atoms with Crippen LogP contribution in [0.25, 0.3) is 0 Å². The van der Waals surface area contributed by atoms with Gasteiger partial charge in [-0.05, 0) is 40.0 Å². The number of amides is 1. The monoisotopic (exact) mass is 259 g/mol. The number of alkyl halides is 2. The molecule has 0 N–H and O–H groups in total. The smallest absolute Gasteiger partial charge is 0.410 e. The molecule has 0 aromatic heterocycles. The molecule has 102 valence electrons. The molecule has 4 fully saturated rings. The van der Waals surface area contributed by atoms with Crippen molar-refractivity contribution in [2.45, 2.75) is 70.1 Å². The van der Waals surface area contributed by atoms with Crippen molar-refractivity contribution in [1.29, 1.82) is 0 Å². The average Bonchev–Trinajstić information content (AvgIpc) is 2.61. The Kier molecular flexibility index (Phi) is 2.14. The van der Waals surface area contributed by atoms with Gasteiger partial charge < -0.3 is 9.64 Å². The molecule has 1 spiro atoms. The van der Waals surface area contributed by atoms with Gasteiger partial charge in [-0.1, -0.05) is 0 Å². The zero-order chi connectivity index (χ0) is 13.3. The van der Waals surface area contributed by atoms with Crippen molar-refractivity contribution in [1.82, 2.24) is 4.90 Å². The first-order valence-corrected chi connectivity index (χ1v) is 6.53. The summed E-state index contributed by atoms with van der Waals surface area (Å²) in [5.41, 5.74) is -1.32. The molecule has 2 atom stereocenters. The molecular weight excluding hydrogens is 240 g/mol. The molecule has 2 aliphatic heterocycles. The van der Waals surface area contributed by atoms with Crippen molar-refractivity contribution >= 4 is 6.09 Å². The molecule has 2 heterocycles. The highest BCUT2D eigenvalue weighted by atomic mass is 19.3. The Morgan fingerprint density at radius 3 is 2.17 bits per heavy atom. The Hall–Kier alpha value is -0.870. The van der Waals surface area contributed by atoms with E-state index in [1.807, 2.05) is 20.8 Å². The van der Waals surface area contributed by atoms with Gasteiger partial charge in [0.15, 0.2) is 0 Å². The summed E-state index contributed by atoms with van der Waals surface area (Å²) < 4.78 is 32.0. The van der Waals surface area contributed by atoms with E-state index in [1.165, 1.54) is 0 Å². The second kappa shape index (κ2) is 3.17. The van der Waals surface area contributed by atoms with Crippen molar-refractivity contribution in [3.05, 3.63) is 0 Å². The number of rotatable bonds is 0. The van der Waals surface area contributed by atoms with Crippen LogP contribution in [-0.2, 0) is 4.74 Å². The van der Waals surface area contributed by atoms with Crippen LogP contribution in [-0.4, -0.2) is 34.6 Å². The maximum Gasteiger partial charge on any atom is 0.410 e. The van der Waals surface area contributed by atoms with Crippen molar-refractivity contribution in [3.8, 4) is 0 Å². The van der Waals surface area contributed by atoms with Crippen molar-refractivity contribution in [2.75, 3.05) is 0 Å². The summed E-state index contributed by atoms with van der Waals surface area (Å²) in [5.74, 6) is -2.50. The molecule has 2 saturated heterocycles. The summed E-state index contributed by atoms with van der Waals surface area (Å²) in [6, 6.07) is -0.0704. The molecule has 2 aliphatic carbocycles. The van der Waals surface area contributed by atoms with Crippen LogP contribution in [0.2, 0.25) is 0 Å². The summed E-state index contributed by atoms with van der Waals surface area (Å²) in [5, 5.41) is 0. The van der Waals surface area contributed by atoms with Gasteiger partial charge in [-0.2, -0.15) is 0 Å². The summed E-state index contributed by atoms with van der Waals surface area (Å²) in [6.45, 7) is 5.45. The third-order valence-corrected chi connectivity index (χ3v) is 4.40. The minimum absolute atomic E-state index is 0.00909. The zero-order valence-corrected chi connectivity index (χ0v) is 11.0. The van der Waals surface area contributed by atoms with E-state index in [1.54, 1.807) is 4.90 Å². The molecule has 0 radical (unpaired) electrons. The predicted octanol–water partition coefficient (Wildman–Crippen LogP) is 3.18. The molecule has 2 bridgehead atoms. The van der Waals surface area contributed by atoms with Gasteiger partial charge in [-0.15, -0.1) is 0 Å². The third kappa shape index (κ3) is 1.62. The minimum Gasteiger partial charge on any atom is -0.444 e. The first-order chi connectivity index (χ1) is 8.14. The van der Waals surface area contributed by atoms with Gasteiger partial charge in [-0.25, -0.2) is 13.6 Å². The Balaban J connectivity index is 1.65. The maximum absolute atomic E-state index is 13.3. The quantitative estimate of drug-likeness (QED) is 0.668. The number of nitrogens with zero attached hydrogens (tertiary/aromatic N) is 1. The van der Waals surface area contributed by atoms with Crippen LogP contribution in [0.1, 0.15) is 46.5 Å². The number of piperidine rings is 1. The fourth-order valence-electron chi connectivity index (χ4n) is 3.49. The first-order valence-electron chi connectivity index (χ1n) is 6.53. The van der Waals surface area contributed by atoms with E-state index in [4.69, 9.17) is 4.74 Å². The molecule has 3 nitrogen and oxygen atoms in total. The van der Waals surface area contributed by atoms with Gasteiger partial charge in [0.2, 0.25) is 0 Å². The lowest BCUT2D eigenvalue weighted by Crippen LogP contribution is -2.64. The van der Waals surface area contributed by atoms with Crippen LogP contribution >= 0.6 is 0 Å². The summed E-state index contributed by atoms with van der Waals surface area (Å²) in [6.07, 6.45) is 1.40. The lowest BCUT2D eigenvalue weighted by Gasteiger charge is -2.55. The summed E-state index contributed by atoms with van der Waals surface area (Å²) in [7, 11) is 0. The standard InChI is InChI=1S/C13H19F2NO2/c1-11(2,3)18-10(17)16-8-4-9(16)6-12(5-8)7-13(12,14)15/h8-9H,4-7H2,1-3H3. The normalized spacial score (nSPS) is 40.4. The molecule has 5 heteroatoms. The molecule has 0 aromatic carbocycles. The Morgan fingerprint density at radius 2 is 1.78 bits per heavy atom. The zero-order valence-electron chi connectivity index (χ0n) is 11.0. The van der Waals surface area contributed by atoms with Gasteiger partial charge in [0.25, 0.3) is 5.92 Å². The van der Waals surface area contributed by atoms with Gasteiger partial charge in [-0.3, -0.25) is 0 Å². The molecule has 18 heavy (non-hydrogen) atoms. The second-order valence-corrected chi connectivity index (χ2v) is 7.00. The van der Waals surface area contributed by atoms with E-state index in [9.17, 15) is 13.6 Å². The number of ether oxygens (including phenoxy) is 1. The largest absolute Gasteiger partial charge is 0.444 e. The van der Waals surface area contributed by atoms with E-state index < -0.39 is 16.9 Å². The molecule has 1 amide bonds. The molecule has 4 aliphatic rings. The number of hydrogen-bond donors (Lipinski definition) is 0. The fourth-order valence-corrected chi connectivity index (χ4v) is 3.49. The van der Waals surface area contributed by atoms with Crippen LogP contribution in [0, 0.1) is 5.41 Å². The SMILES string of the molecule is CC(C)(C)OC(=O)N1C2CC1CC1(C2)CC1(F)F. The number of hydrogen-bond acceptors (Lipinski definition) is 2. The highest BCUT2D eigenvalue weighted by Gasteiger charge is 2.75. The first kappa shape index (κ1) is 12.2. The number of carbonyl (C=O) groups is 1. The molecule has 0 aromatic rings. The van der Waals surface area contributed by atoms with Crippen LogP contribution in [0.4, 0.5) is 13.6 Å². The molecule has 2 saturated carbocycles. The van der Waals surface area contributed by atoms with Gasteiger partial charge in [0, 0.05) is 23.9 Å². The lowest BCUT2D eigenvalue weighted by molar-refractivity contribution is -0.0911. The number of carbonyl (C=O) groups excluding carboxylic acids is 1. The van der Waals surface area contributed by atoms with Crippen molar-refractivity contribution in [3.63, 3.8) is 0 Å². The van der Waals surface area contributed by atoms with E-state index in [-0.39, 0.29) is 24.6 Å². The van der Waals surface area contributed by atoms with Crippen LogP contribution in [0.5, 0.6) is 0 Å². The highest BCUT2D eigenvalue weighted by molar-refractivity contribution is 5.70. The van der Waals surface area contributed by atoms with E-state index >= 15 is 0 Å². The van der Waals surface area contributed by atoms with Crippen LogP contribution in [0.3, 0.4) is 0 Å². The van der Waals surface area contributed by atoms with E-state index in [2.05, 4.69) is 0 Å². The highest BCUT2D eigenvalue weighted by Crippen LogP contribution is 2.70. The minimum atomic E-state index is -2.50. The lowest BCUT2D eigenvalue weighted by atomic mass is 9.71. The second-order valence-electron chi connectivity index (χ2n) is 7.00. The average molecular weight is 259 g/mol. The van der Waals surface area contributed by atoms with E-state index in [0.29, 0.717) is 12.8 Å². The van der Waals surface area contributed by atoms with Gasteiger partial charge in [0.1, 0.15) is 5.60 Å². The molecule has 4 rings (SSSR count). The van der Waals surface area contributed by atoms with Crippen LogP contribution < -0.4 is 0 Å².